The second kappa shape index (κ2) is 10.7. The van der Waals surface area contributed by atoms with Gasteiger partial charge in [-0.1, -0.05) is 36.4 Å². The number of ether oxygens (including phenoxy) is 1. The lowest BCUT2D eigenvalue weighted by atomic mass is 10.00. The van der Waals surface area contributed by atoms with Crippen molar-refractivity contribution >= 4 is 23.7 Å². The molecule has 0 radical (unpaired) electrons. The van der Waals surface area contributed by atoms with Crippen molar-refractivity contribution in [2.45, 2.75) is 39.3 Å². The first kappa shape index (κ1) is 25.3. The van der Waals surface area contributed by atoms with Crippen LogP contribution >= 0.6 is 0 Å². The fourth-order valence-corrected chi connectivity index (χ4v) is 3.41. The molecule has 0 aliphatic rings. The Morgan fingerprint density at radius 1 is 0.914 bits per heavy atom. The molecule has 0 unspecified atom stereocenters. The van der Waals surface area contributed by atoms with Crippen molar-refractivity contribution in [3.05, 3.63) is 83.4 Å². The number of alkyl carbamates (subject to hydrolysis) is 1. The highest BCUT2D eigenvalue weighted by molar-refractivity contribution is 6.05. The van der Waals surface area contributed by atoms with E-state index in [4.69, 9.17) is 9.84 Å². The minimum absolute atomic E-state index is 0.0937. The first-order chi connectivity index (χ1) is 16.5. The SMILES string of the molecule is CC(C)(C)OC(=O)NCc1cccc(-c2cc(O)cc(C(=O)Nc3ccccc3CC(=O)O)c2)c1. The third-order valence-corrected chi connectivity index (χ3v) is 4.88. The summed E-state index contributed by atoms with van der Waals surface area (Å²) >= 11 is 0. The number of nitrogens with one attached hydrogen (secondary N) is 2. The standard InChI is InChI=1S/C27H28N2O6/c1-27(2,3)35-26(34)28-16-17-7-6-9-18(11-17)20-12-21(14-22(30)13-20)25(33)29-23-10-5-4-8-19(23)15-24(31)32/h4-14,30H,15-16H2,1-3H3,(H,28,34)(H,29,33)(H,31,32). The van der Waals surface area contributed by atoms with E-state index in [1.54, 1.807) is 51.1 Å². The van der Waals surface area contributed by atoms with Gasteiger partial charge in [0.1, 0.15) is 11.4 Å². The number of carboxylic acids is 1. The predicted octanol–water partition coefficient (Wildman–Crippen LogP) is 4.96. The molecule has 0 atom stereocenters. The number of phenols is 1. The van der Waals surface area contributed by atoms with E-state index in [2.05, 4.69) is 10.6 Å². The molecule has 3 aromatic rings. The average molecular weight is 477 g/mol. The smallest absolute Gasteiger partial charge is 0.407 e. The van der Waals surface area contributed by atoms with E-state index in [-0.39, 0.29) is 24.3 Å². The van der Waals surface area contributed by atoms with Crippen LogP contribution in [-0.4, -0.2) is 33.8 Å². The van der Waals surface area contributed by atoms with Crippen molar-refractivity contribution in [3.8, 4) is 16.9 Å². The fraction of sp³-hybridized carbons (Fsp3) is 0.222. The summed E-state index contributed by atoms with van der Waals surface area (Å²) in [5.74, 6) is -1.58. The maximum Gasteiger partial charge on any atom is 0.407 e. The monoisotopic (exact) mass is 476 g/mol. The van der Waals surface area contributed by atoms with E-state index >= 15 is 0 Å². The minimum Gasteiger partial charge on any atom is -0.508 e. The van der Waals surface area contributed by atoms with Crippen molar-refractivity contribution in [1.29, 1.82) is 0 Å². The van der Waals surface area contributed by atoms with Gasteiger partial charge >= 0.3 is 12.1 Å². The molecule has 3 aromatic carbocycles. The van der Waals surface area contributed by atoms with E-state index in [0.717, 1.165) is 11.1 Å². The Balaban J connectivity index is 1.79. The number of hydrogen-bond acceptors (Lipinski definition) is 5. The maximum absolute atomic E-state index is 12.9. The van der Waals surface area contributed by atoms with Gasteiger partial charge in [-0.15, -0.1) is 0 Å². The van der Waals surface area contributed by atoms with Gasteiger partial charge in [0.05, 0.1) is 6.42 Å². The molecule has 2 amide bonds. The summed E-state index contributed by atoms with van der Waals surface area (Å²) in [7, 11) is 0. The lowest BCUT2D eigenvalue weighted by molar-refractivity contribution is -0.136. The minimum atomic E-state index is -1.01. The van der Waals surface area contributed by atoms with Crippen LogP contribution in [0.1, 0.15) is 42.3 Å². The number of hydrogen-bond donors (Lipinski definition) is 4. The Kier molecular flexibility index (Phi) is 7.76. The molecule has 0 fully saturated rings. The van der Waals surface area contributed by atoms with Crippen LogP contribution in [0.4, 0.5) is 10.5 Å². The highest BCUT2D eigenvalue weighted by Crippen LogP contribution is 2.27. The van der Waals surface area contributed by atoms with Crippen molar-refractivity contribution in [2.75, 3.05) is 5.32 Å². The number of rotatable bonds is 7. The Labute approximate surface area is 203 Å². The summed E-state index contributed by atoms with van der Waals surface area (Å²) in [6.45, 7) is 5.60. The molecule has 0 aliphatic carbocycles. The zero-order valence-corrected chi connectivity index (χ0v) is 19.8. The first-order valence-corrected chi connectivity index (χ1v) is 11.0. The highest BCUT2D eigenvalue weighted by Gasteiger charge is 2.16. The van der Waals surface area contributed by atoms with E-state index in [1.807, 2.05) is 24.3 Å². The van der Waals surface area contributed by atoms with Crippen molar-refractivity contribution in [2.24, 2.45) is 0 Å². The molecule has 8 heteroatoms. The number of para-hydroxylation sites is 1. The van der Waals surface area contributed by atoms with Gasteiger partial charge in [-0.2, -0.15) is 0 Å². The number of amides is 2. The van der Waals surface area contributed by atoms with Crippen molar-refractivity contribution in [3.63, 3.8) is 0 Å². The zero-order chi connectivity index (χ0) is 25.6. The number of anilines is 1. The second-order valence-corrected chi connectivity index (χ2v) is 9.01. The number of aliphatic carboxylic acids is 1. The Hall–Kier alpha value is -4.33. The molecule has 3 rings (SSSR count). The average Bonchev–Trinajstić information content (AvgIpc) is 2.77. The molecule has 0 aliphatic heterocycles. The van der Waals surface area contributed by atoms with E-state index in [1.165, 1.54) is 12.1 Å². The third-order valence-electron chi connectivity index (χ3n) is 4.88. The van der Waals surface area contributed by atoms with Gasteiger partial charge < -0.3 is 25.6 Å². The maximum atomic E-state index is 12.9. The van der Waals surface area contributed by atoms with E-state index < -0.39 is 23.6 Å². The summed E-state index contributed by atoms with van der Waals surface area (Å²) in [6, 6.07) is 18.5. The molecular weight excluding hydrogens is 448 g/mol. The topological polar surface area (TPSA) is 125 Å². The van der Waals surface area contributed by atoms with Crippen molar-refractivity contribution < 1.29 is 29.3 Å². The molecule has 0 spiro atoms. The van der Waals surface area contributed by atoms with Gasteiger partial charge in [0.15, 0.2) is 0 Å². The molecule has 35 heavy (non-hydrogen) atoms. The number of aromatic hydroxyl groups is 1. The number of phenolic OH excluding ortho intramolecular Hbond substituents is 1. The van der Waals surface area contributed by atoms with Crippen LogP contribution in [0.2, 0.25) is 0 Å². The second-order valence-electron chi connectivity index (χ2n) is 9.01. The van der Waals surface area contributed by atoms with Crippen LogP contribution in [0, 0.1) is 0 Å². The number of carbonyl (C=O) groups excluding carboxylic acids is 2. The normalized spacial score (nSPS) is 10.9. The summed E-state index contributed by atoms with van der Waals surface area (Å²) in [5.41, 5.74) is 2.63. The molecule has 0 saturated heterocycles. The molecule has 182 valence electrons. The lowest BCUT2D eigenvalue weighted by Crippen LogP contribution is -2.32. The Bertz CT molecular complexity index is 1250. The van der Waals surface area contributed by atoms with Gasteiger partial charge in [0.2, 0.25) is 0 Å². The van der Waals surface area contributed by atoms with Crippen LogP contribution in [-0.2, 0) is 22.5 Å². The quantitative estimate of drug-likeness (QED) is 0.382. The molecule has 0 bridgehead atoms. The van der Waals surface area contributed by atoms with Gasteiger partial charge in [-0.3, -0.25) is 9.59 Å². The largest absolute Gasteiger partial charge is 0.508 e. The molecule has 0 aromatic heterocycles. The van der Waals surface area contributed by atoms with E-state index in [0.29, 0.717) is 16.8 Å². The van der Waals surface area contributed by atoms with Crippen LogP contribution in [0.3, 0.4) is 0 Å². The highest BCUT2D eigenvalue weighted by atomic mass is 16.6. The van der Waals surface area contributed by atoms with Crippen LogP contribution < -0.4 is 10.6 Å². The van der Waals surface area contributed by atoms with Gasteiger partial charge in [-0.05, 0) is 73.4 Å². The predicted molar refractivity (Wildman–Crippen MR) is 132 cm³/mol. The molecule has 4 N–H and O–H groups in total. The molecule has 0 saturated carbocycles. The first-order valence-electron chi connectivity index (χ1n) is 11.0. The number of benzene rings is 3. The summed E-state index contributed by atoms with van der Waals surface area (Å²) in [4.78, 5) is 36.0. The van der Waals surface area contributed by atoms with Crippen LogP contribution in [0.15, 0.2) is 66.7 Å². The van der Waals surface area contributed by atoms with Crippen LogP contribution in [0.25, 0.3) is 11.1 Å². The summed E-state index contributed by atoms with van der Waals surface area (Å²) in [5, 5.41) is 24.8. The van der Waals surface area contributed by atoms with E-state index in [9.17, 15) is 19.5 Å². The molecular formula is C27H28N2O6. The summed E-state index contributed by atoms with van der Waals surface area (Å²) < 4.78 is 5.25. The molecule has 0 heterocycles. The Morgan fingerprint density at radius 3 is 2.37 bits per heavy atom. The number of carboxylic acid groups (broad SMARTS) is 1. The number of carbonyl (C=O) groups is 3. The van der Waals surface area contributed by atoms with Gasteiger partial charge in [0.25, 0.3) is 5.91 Å². The molecule has 8 nitrogen and oxygen atoms in total. The van der Waals surface area contributed by atoms with Crippen LogP contribution in [0.5, 0.6) is 5.75 Å². The lowest BCUT2D eigenvalue weighted by Gasteiger charge is -2.19. The summed E-state index contributed by atoms with van der Waals surface area (Å²) in [6.07, 6.45) is -0.756. The fourth-order valence-electron chi connectivity index (χ4n) is 3.41. The van der Waals surface area contributed by atoms with Crippen molar-refractivity contribution in [1.82, 2.24) is 5.32 Å². The Morgan fingerprint density at radius 2 is 1.66 bits per heavy atom. The van der Waals surface area contributed by atoms with Gasteiger partial charge in [-0.25, -0.2) is 4.79 Å². The third kappa shape index (κ3) is 7.60. The van der Waals surface area contributed by atoms with Gasteiger partial charge in [0, 0.05) is 17.8 Å². The zero-order valence-electron chi connectivity index (χ0n) is 19.8.